The highest BCUT2D eigenvalue weighted by molar-refractivity contribution is 6.34. The van der Waals surface area contributed by atoms with Crippen LogP contribution in [0.4, 0.5) is 14.5 Å². The quantitative estimate of drug-likeness (QED) is 0.360. The number of hydrogen-bond donors (Lipinski definition) is 1. The molecule has 7 nitrogen and oxygen atoms in total. The maximum atomic E-state index is 15.0. The maximum absolute atomic E-state index is 15.0. The first-order valence-electron chi connectivity index (χ1n) is 8.60. The molecular weight excluding hydrogens is 445 g/mol. The summed E-state index contributed by atoms with van der Waals surface area (Å²) in [5.74, 6) is -4.90. The third kappa shape index (κ3) is 5.28. The largest absolute Gasteiger partial charge is 0.493 e. The molecule has 1 N–H and O–H groups in total. The monoisotopic (exact) mass is 462 g/mol. The van der Waals surface area contributed by atoms with E-state index in [1.54, 1.807) is 6.92 Å². The van der Waals surface area contributed by atoms with E-state index >= 15 is 8.78 Å². The van der Waals surface area contributed by atoms with E-state index in [0.29, 0.717) is 5.56 Å². The molecule has 0 bridgehead atoms. The van der Waals surface area contributed by atoms with Crippen LogP contribution in [0.5, 0.6) is 11.5 Å². The minimum absolute atomic E-state index is 0.00409. The van der Waals surface area contributed by atoms with Crippen LogP contribution in [0.3, 0.4) is 0 Å². The molecule has 1 aromatic carbocycles. The number of anilines is 1. The van der Waals surface area contributed by atoms with Gasteiger partial charge in [0.05, 0.1) is 20.8 Å². The summed E-state index contributed by atoms with van der Waals surface area (Å²) in [6.45, 7) is 1.62. The molecule has 11 heteroatoms. The Labute approximate surface area is 181 Å². The summed E-state index contributed by atoms with van der Waals surface area (Å²) in [4.78, 5) is 27.3. The molecule has 2 aromatic rings. The average Bonchev–Trinajstić information content (AvgIpc) is 2.68. The molecule has 1 amide bonds. The van der Waals surface area contributed by atoms with Crippen molar-refractivity contribution in [2.24, 2.45) is 0 Å². The van der Waals surface area contributed by atoms with Crippen molar-refractivity contribution in [3.8, 4) is 11.5 Å². The maximum Gasteiger partial charge on any atom is 0.315 e. The zero-order chi connectivity index (χ0) is 22.4. The van der Waals surface area contributed by atoms with Gasteiger partial charge in [0.1, 0.15) is 17.3 Å². The fraction of sp³-hybridized carbons (Fsp3) is 0.316. The van der Waals surface area contributed by atoms with Crippen LogP contribution >= 0.6 is 23.2 Å². The zero-order valence-corrected chi connectivity index (χ0v) is 17.8. The molecule has 30 heavy (non-hydrogen) atoms. The summed E-state index contributed by atoms with van der Waals surface area (Å²) in [5.41, 5.74) is -0.401. The fourth-order valence-electron chi connectivity index (χ4n) is 2.67. The van der Waals surface area contributed by atoms with E-state index in [2.05, 4.69) is 9.72 Å². The number of hydrogen-bond acceptors (Lipinski definition) is 6. The predicted molar refractivity (Wildman–Crippen MR) is 106 cm³/mol. The van der Waals surface area contributed by atoms with Gasteiger partial charge >= 0.3 is 5.97 Å². The number of amides is 1. The second kappa shape index (κ2) is 10.4. The van der Waals surface area contributed by atoms with Crippen LogP contribution in [0.25, 0.3) is 0 Å². The zero-order valence-electron chi connectivity index (χ0n) is 16.3. The molecule has 0 aliphatic rings. The Bertz CT molecular complexity index is 941. The van der Waals surface area contributed by atoms with Crippen molar-refractivity contribution in [1.29, 1.82) is 0 Å². The molecule has 0 aliphatic heterocycles. The van der Waals surface area contributed by atoms with Gasteiger partial charge < -0.3 is 19.5 Å². The van der Waals surface area contributed by atoms with E-state index < -0.39 is 35.6 Å². The lowest BCUT2D eigenvalue weighted by atomic mass is 10.0. The van der Waals surface area contributed by atoms with Crippen molar-refractivity contribution in [2.45, 2.75) is 19.8 Å². The van der Waals surface area contributed by atoms with E-state index in [1.807, 2.05) is 5.32 Å². The van der Waals surface area contributed by atoms with Crippen molar-refractivity contribution in [3.63, 3.8) is 0 Å². The van der Waals surface area contributed by atoms with Crippen LogP contribution in [-0.2, 0) is 20.7 Å². The highest BCUT2D eigenvalue weighted by Gasteiger charge is 2.28. The average molecular weight is 463 g/mol. The van der Waals surface area contributed by atoms with E-state index in [9.17, 15) is 9.59 Å². The third-order valence-electron chi connectivity index (χ3n) is 3.93. The molecule has 0 atom stereocenters. The van der Waals surface area contributed by atoms with Crippen LogP contribution in [0.15, 0.2) is 12.3 Å². The number of pyridine rings is 1. The molecule has 0 fully saturated rings. The Balaban J connectivity index is 2.48. The Morgan fingerprint density at radius 3 is 2.23 bits per heavy atom. The smallest absolute Gasteiger partial charge is 0.315 e. The molecule has 162 valence electrons. The van der Waals surface area contributed by atoms with Crippen LogP contribution in [0.1, 0.15) is 24.5 Å². The van der Waals surface area contributed by atoms with Crippen molar-refractivity contribution >= 4 is 40.8 Å². The molecule has 1 heterocycles. The number of aromatic nitrogens is 1. The predicted octanol–water partition coefficient (Wildman–Crippen LogP) is 4.17. The Hall–Kier alpha value is -2.65. The molecule has 2 rings (SSSR count). The van der Waals surface area contributed by atoms with Gasteiger partial charge in [0.2, 0.25) is 5.91 Å². The minimum atomic E-state index is -1.18. The number of esters is 1. The Kier molecular flexibility index (Phi) is 8.19. The highest BCUT2D eigenvalue weighted by Crippen LogP contribution is 2.42. The second-order valence-electron chi connectivity index (χ2n) is 5.85. The number of nitrogens with one attached hydrogen (secondary N) is 1. The topological polar surface area (TPSA) is 86.8 Å². The Morgan fingerprint density at radius 2 is 1.73 bits per heavy atom. The first-order chi connectivity index (χ1) is 14.2. The number of carbonyl (C=O) groups excluding carboxylic acids is 2. The molecule has 0 saturated carbocycles. The number of benzene rings is 1. The molecule has 0 aliphatic carbocycles. The van der Waals surface area contributed by atoms with Crippen LogP contribution in [0, 0.1) is 11.6 Å². The number of halogens is 4. The number of nitrogens with zero attached hydrogens (tertiary/aromatic N) is 1. The summed E-state index contributed by atoms with van der Waals surface area (Å²) in [5, 5.41) is 2.40. The number of methoxy groups -OCH3 is 2. The SMILES string of the molecule is CCOC(=O)CC(=O)Nc1c(F)c(OC)c(Cc2cnc(Cl)cc2Cl)c(OC)c1F. The molecule has 0 spiro atoms. The van der Waals surface area contributed by atoms with Gasteiger partial charge in [-0.15, -0.1) is 0 Å². The molecule has 0 saturated heterocycles. The van der Waals surface area contributed by atoms with Crippen molar-refractivity contribution in [1.82, 2.24) is 4.98 Å². The lowest BCUT2D eigenvalue weighted by Crippen LogP contribution is -2.20. The first-order valence-corrected chi connectivity index (χ1v) is 9.36. The summed E-state index contributed by atoms with van der Waals surface area (Å²) in [6.07, 6.45) is 0.541. The van der Waals surface area contributed by atoms with E-state index in [0.717, 1.165) is 0 Å². The van der Waals surface area contributed by atoms with Crippen molar-refractivity contribution in [2.75, 3.05) is 26.1 Å². The summed E-state index contributed by atoms with van der Waals surface area (Å²) in [6, 6.07) is 1.38. The molecular formula is C19H18Cl2F2N2O5. The molecule has 0 unspecified atom stereocenters. The van der Waals surface area contributed by atoms with Crippen molar-refractivity contribution in [3.05, 3.63) is 45.2 Å². The van der Waals surface area contributed by atoms with Gasteiger partial charge in [0, 0.05) is 23.2 Å². The van der Waals surface area contributed by atoms with Gasteiger partial charge in [-0.05, 0) is 18.6 Å². The molecule has 0 radical (unpaired) electrons. The van der Waals surface area contributed by atoms with Crippen LogP contribution < -0.4 is 14.8 Å². The van der Waals surface area contributed by atoms with Crippen LogP contribution in [0.2, 0.25) is 10.2 Å². The summed E-state index contributed by atoms with van der Waals surface area (Å²) < 4.78 is 44.8. The van der Waals surface area contributed by atoms with Crippen molar-refractivity contribution < 1.29 is 32.6 Å². The third-order valence-corrected chi connectivity index (χ3v) is 4.49. The lowest BCUT2D eigenvalue weighted by molar-refractivity contribution is -0.145. The fourth-order valence-corrected chi connectivity index (χ4v) is 3.10. The second-order valence-corrected chi connectivity index (χ2v) is 6.65. The van der Waals surface area contributed by atoms with Gasteiger partial charge in [-0.2, -0.15) is 0 Å². The van der Waals surface area contributed by atoms with Crippen LogP contribution in [-0.4, -0.2) is 37.7 Å². The first kappa shape index (κ1) is 23.6. The van der Waals surface area contributed by atoms with E-state index in [1.165, 1.54) is 26.5 Å². The number of ether oxygens (including phenoxy) is 3. The van der Waals surface area contributed by atoms with E-state index in [-0.39, 0.29) is 40.3 Å². The van der Waals surface area contributed by atoms with Gasteiger partial charge in [0.15, 0.2) is 23.1 Å². The van der Waals surface area contributed by atoms with Gasteiger partial charge in [0.25, 0.3) is 0 Å². The van der Waals surface area contributed by atoms with Gasteiger partial charge in [-0.3, -0.25) is 9.59 Å². The van der Waals surface area contributed by atoms with Gasteiger partial charge in [-0.25, -0.2) is 13.8 Å². The minimum Gasteiger partial charge on any atom is -0.493 e. The van der Waals surface area contributed by atoms with E-state index in [4.69, 9.17) is 32.7 Å². The number of carbonyl (C=O) groups is 2. The lowest BCUT2D eigenvalue weighted by Gasteiger charge is -2.19. The standard InChI is InChI=1S/C19H18Cl2F2N2O5/c1-4-30-14(27)7-13(26)25-17-15(22)18(28-2)10(19(29-3)16(17)23)5-9-8-24-12(21)6-11(9)20/h6,8H,4-5,7H2,1-3H3,(H,25,26). The van der Waals surface area contributed by atoms with Gasteiger partial charge in [-0.1, -0.05) is 23.2 Å². The highest BCUT2D eigenvalue weighted by atomic mass is 35.5. The normalized spacial score (nSPS) is 10.5. The summed E-state index contributed by atoms with van der Waals surface area (Å²) >= 11 is 11.9. The summed E-state index contributed by atoms with van der Waals surface area (Å²) in [7, 11) is 2.34. The molecule has 1 aromatic heterocycles. The Morgan fingerprint density at radius 1 is 1.13 bits per heavy atom. The number of rotatable bonds is 8.